The van der Waals surface area contributed by atoms with Crippen LogP contribution in [0.5, 0.6) is 0 Å². The van der Waals surface area contributed by atoms with Gasteiger partial charge in [0.1, 0.15) is 5.60 Å². The minimum atomic E-state index is -0.506. The Balaban J connectivity index is 1.28. The number of hydrogen-bond donors (Lipinski definition) is 0. The molecule has 9 heteroatoms. The zero-order chi connectivity index (χ0) is 22.0. The van der Waals surface area contributed by atoms with E-state index in [1.807, 2.05) is 25.7 Å². The number of likely N-dealkylation sites (tertiary alicyclic amines) is 1. The van der Waals surface area contributed by atoms with Crippen molar-refractivity contribution < 1.29 is 18.7 Å². The van der Waals surface area contributed by atoms with E-state index in [9.17, 15) is 4.79 Å². The fourth-order valence-corrected chi connectivity index (χ4v) is 5.35. The molecule has 0 atom stereocenters. The van der Waals surface area contributed by atoms with Crippen molar-refractivity contribution in [2.45, 2.75) is 51.8 Å². The Morgan fingerprint density at radius 2 is 2.00 bits per heavy atom. The van der Waals surface area contributed by atoms with Crippen LogP contribution in [0.15, 0.2) is 0 Å². The van der Waals surface area contributed by atoms with Gasteiger partial charge in [0.2, 0.25) is 0 Å². The second-order valence-corrected chi connectivity index (χ2v) is 10.8. The lowest BCUT2D eigenvalue weighted by Gasteiger charge is -2.47. The van der Waals surface area contributed by atoms with E-state index < -0.39 is 11.4 Å². The molecule has 4 aliphatic heterocycles. The van der Waals surface area contributed by atoms with Gasteiger partial charge in [-0.1, -0.05) is 11.6 Å². The zero-order valence-corrected chi connectivity index (χ0v) is 19.2. The van der Waals surface area contributed by atoms with Crippen molar-refractivity contribution in [2.24, 2.45) is 5.41 Å². The van der Waals surface area contributed by atoms with Crippen molar-refractivity contribution in [1.29, 1.82) is 0 Å². The minimum Gasteiger partial charge on any atom is -0.444 e. The maximum absolute atomic E-state index is 15.2. The Labute approximate surface area is 187 Å². The third-order valence-corrected chi connectivity index (χ3v) is 7.22. The predicted molar refractivity (Wildman–Crippen MR) is 115 cm³/mol. The van der Waals surface area contributed by atoms with E-state index in [1.165, 1.54) is 0 Å². The largest absolute Gasteiger partial charge is 0.444 e. The number of rotatable bonds is 2. The summed E-state index contributed by atoms with van der Waals surface area (Å²) in [5.74, 6) is -0.0655. The Kier molecular flexibility index (Phi) is 5.10. The molecule has 170 valence electrons. The molecule has 0 bridgehead atoms. The lowest BCUT2D eigenvalue weighted by Crippen LogP contribution is -2.60. The van der Waals surface area contributed by atoms with Gasteiger partial charge in [0.25, 0.3) is 0 Å². The zero-order valence-electron chi connectivity index (χ0n) is 18.4. The molecule has 0 saturated carbocycles. The van der Waals surface area contributed by atoms with Gasteiger partial charge in [-0.3, -0.25) is 4.90 Å². The minimum absolute atomic E-state index is 0.0251. The Hall–Kier alpha value is -1.64. The summed E-state index contributed by atoms with van der Waals surface area (Å²) in [7, 11) is 0. The number of halogens is 2. The maximum Gasteiger partial charge on any atom is 0.410 e. The standard InChI is InChI=1S/C22H30ClFN4O3/c1-21(2,3)31-20(29)28-12-22(13-28)5-7-27(11-22)19-18(24)17(23)15-4-6-26(8-16(15)25-19)14-9-30-10-14/h14H,4-13H2,1-3H3. The Morgan fingerprint density at radius 3 is 2.65 bits per heavy atom. The van der Waals surface area contributed by atoms with Crippen molar-refractivity contribution in [3.05, 3.63) is 22.1 Å². The molecule has 31 heavy (non-hydrogen) atoms. The number of nitrogens with zero attached hydrogens (tertiary/aromatic N) is 4. The molecule has 5 heterocycles. The Bertz CT molecular complexity index is 896. The number of pyridine rings is 1. The second kappa shape index (κ2) is 7.46. The number of hydrogen-bond acceptors (Lipinski definition) is 6. The van der Waals surface area contributed by atoms with Gasteiger partial charge in [-0.2, -0.15) is 0 Å². The van der Waals surface area contributed by atoms with Gasteiger partial charge in [0, 0.05) is 44.7 Å². The third kappa shape index (κ3) is 3.87. The third-order valence-electron chi connectivity index (χ3n) is 6.82. The molecule has 0 radical (unpaired) electrons. The summed E-state index contributed by atoms with van der Waals surface area (Å²) in [5, 5.41) is 0.217. The van der Waals surface area contributed by atoms with E-state index in [-0.39, 0.29) is 16.5 Å². The first kappa shape index (κ1) is 21.2. The summed E-state index contributed by atoms with van der Waals surface area (Å²) in [6.07, 6.45) is 1.33. The summed E-state index contributed by atoms with van der Waals surface area (Å²) in [5.41, 5.74) is 1.19. The van der Waals surface area contributed by atoms with Crippen LogP contribution in [0, 0.1) is 11.2 Å². The summed E-state index contributed by atoms with van der Waals surface area (Å²) in [4.78, 5) is 23.1. The highest BCUT2D eigenvalue weighted by Gasteiger charge is 2.51. The number of carbonyl (C=O) groups is 1. The summed E-state index contributed by atoms with van der Waals surface area (Å²) in [6, 6.07) is 0.422. The summed E-state index contributed by atoms with van der Waals surface area (Å²) in [6.45, 7) is 11.3. The number of anilines is 1. The lowest BCUT2D eigenvalue weighted by molar-refractivity contribution is -0.0699. The molecule has 3 fully saturated rings. The molecule has 7 nitrogen and oxygen atoms in total. The predicted octanol–water partition coefficient (Wildman–Crippen LogP) is 3.08. The fraction of sp³-hybridized carbons (Fsp3) is 0.727. The molecule has 1 aromatic rings. The molecule has 1 aromatic heterocycles. The van der Waals surface area contributed by atoms with Crippen LogP contribution in [-0.2, 0) is 22.4 Å². The van der Waals surface area contributed by atoms with Crippen molar-refractivity contribution in [2.75, 3.05) is 50.8 Å². The van der Waals surface area contributed by atoms with Crippen LogP contribution in [0.2, 0.25) is 5.02 Å². The molecule has 0 unspecified atom stereocenters. The monoisotopic (exact) mass is 452 g/mol. The number of amides is 1. The van der Waals surface area contributed by atoms with Crippen LogP contribution >= 0.6 is 11.6 Å². The number of carbonyl (C=O) groups excluding carboxylic acids is 1. The van der Waals surface area contributed by atoms with Crippen LogP contribution in [0.25, 0.3) is 0 Å². The van der Waals surface area contributed by atoms with Crippen LogP contribution in [0.3, 0.4) is 0 Å². The van der Waals surface area contributed by atoms with Gasteiger partial charge < -0.3 is 19.3 Å². The van der Waals surface area contributed by atoms with E-state index in [2.05, 4.69) is 4.90 Å². The fourth-order valence-electron chi connectivity index (χ4n) is 5.06. The average Bonchev–Trinajstić information content (AvgIpc) is 3.06. The van der Waals surface area contributed by atoms with Crippen molar-refractivity contribution in [3.8, 4) is 0 Å². The first-order valence-electron chi connectivity index (χ1n) is 11.1. The maximum atomic E-state index is 15.2. The average molecular weight is 453 g/mol. The number of aromatic nitrogens is 1. The van der Waals surface area contributed by atoms with E-state index in [4.69, 9.17) is 26.1 Å². The molecular weight excluding hydrogens is 423 g/mol. The van der Waals surface area contributed by atoms with Gasteiger partial charge in [0.05, 0.1) is 30.0 Å². The van der Waals surface area contributed by atoms with Gasteiger partial charge in [-0.25, -0.2) is 14.2 Å². The first-order chi connectivity index (χ1) is 14.6. The molecule has 3 saturated heterocycles. The van der Waals surface area contributed by atoms with Gasteiger partial charge in [-0.15, -0.1) is 0 Å². The van der Waals surface area contributed by atoms with Crippen LogP contribution < -0.4 is 4.90 Å². The highest BCUT2D eigenvalue weighted by molar-refractivity contribution is 6.31. The molecular formula is C22H30ClFN4O3. The first-order valence-corrected chi connectivity index (χ1v) is 11.4. The number of ether oxygens (including phenoxy) is 2. The molecule has 0 aromatic carbocycles. The summed E-state index contributed by atoms with van der Waals surface area (Å²) < 4.78 is 26.0. The van der Waals surface area contributed by atoms with Gasteiger partial charge >= 0.3 is 6.09 Å². The van der Waals surface area contributed by atoms with E-state index >= 15 is 4.39 Å². The van der Waals surface area contributed by atoms with Gasteiger partial charge in [-0.05, 0) is 39.2 Å². The van der Waals surface area contributed by atoms with E-state index in [1.54, 1.807) is 4.90 Å². The molecule has 1 spiro atoms. The SMILES string of the molecule is CC(C)(C)OC(=O)N1CC2(CCN(c3nc4c(c(Cl)c3F)CCN(C3COC3)C4)C2)C1. The molecule has 0 N–H and O–H groups in total. The quantitative estimate of drug-likeness (QED) is 0.687. The molecule has 5 rings (SSSR count). The smallest absolute Gasteiger partial charge is 0.410 e. The van der Waals surface area contributed by atoms with E-state index in [0.29, 0.717) is 51.0 Å². The van der Waals surface area contributed by atoms with Crippen LogP contribution in [-0.4, -0.2) is 78.5 Å². The van der Waals surface area contributed by atoms with Crippen molar-refractivity contribution in [1.82, 2.24) is 14.8 Å². The molecule has 4 aliphatic rings. The molecule has 1 amide bonds. The topological polar surface area (TPSA) is 58.1 Å². The van der Waals surface area contributed by atoms with E-state index in [0.717, 1.165) is 37.4 Å². The summed E-state index contributed by atoms with van der Waals surface area (Å²) >= 11 is 6.46. The molecule has 0 aliphatic carbocycles. The van der Waals surface area contributed by atoms with Crippen LogP contribution in [0.1, 0.15) is 38.4 Å². The Morgan fingerprint density at radius 1 is 1.26 bits per heavy atom. The van der Waals surface area contributed by atoms with Crippen molar-refractivity contribution in [3.63, 3.8) is 0 Å². The highest BCUT2D eigenvalue weighted by Crippen LogP contribution is 2.43. The van der Waals surface area contributed by atoms with Crippen molar-refractivity contribution >= 4 is 23.5 Å². The highest BCUT2D eigenvalue weighted by atomic mass is 35.5. The second-order valence-electron chi connectivity index (χ2n) is 10.4. The number of fused-ring (bicyclic) bond motifs is 1. The van der Waals surface area contributed by atoms with Gasteiger partial charge in [0.15, 0.2) is 11.6 Å². The lowest BCUT2D eigenvalue weighted by atomic mass is 9.79. The van der Waals surface area contributed by atoms with Crippen LogP contribution in [0.4, 0.5) is 15.0 Å². The normalized spacial score (nSPS) is 23.5.